The van der Waals surface area contributed by atoms with Crippen molar-refractivity contribution in [2.24, 2.45) is 0 Å². The Hall–Kier alpha value is -1.80. The van der Waals surface area contributed by atoms with Crippen molar-refractivity contribution in [1.82, 2.24) is 30.1 Å². The van der Waals surface area contributed by atoms with Crippen LogP contribution in [0.3, 0.4) is 0 Å². The first-order valence-corrected chi connectivity index (χ1v) is 8.71. The monoisotopic (exact) mass is 332 g/mol. The number of nitrogens with zero attached hydrogens (tertiary/aromatic N) is 6. The number of hydrogen-bond acceptors (Lipinski definition) is 8. The van der Waals surface area contributed by atoms with Crippen LogP contribution in [0.2, 0.25) is 0 Å². The standard InChI is InChI=1S/C16H24N6O2/c1-11-17-14(20-24-11)9-22-7-3-4-13(8-22)21(2)10-15-18-19-16(23-15)12-5-6-12/h12-13H,3-10H2,1-2H3/t13-/m1/s1. The number of likely N-dealkylation sites (tertiary alicyclic amines) is 1. The summed E-state index contributed by atoms with van der Waals surface area (Å²) in [6.07, 6.45) is 4.72. The molecule has 1 aliphatic carbocycles. The van der Waals surface area contributed by atoms with E-state index in [4.69, 9.17) is 8.94 Å². The second-order valence-electron chi connectivity index (χ2n) is 6.98. The molecule has 0 aromatic carbocycles. The van der Waals surface area contributed by atoms with E-state index in [-0.39, 0.29) is 0 Å². The molecule has 2 fully saturated rings. The lowest BCUT2D eigenvalue weighted by Crippen LogP contribution is -2.45. The molecule has 1 saturated carbocycles. The second-order valence-corrected chi connectivity index (χ2v) is 6.98. The van der Waals surface area contributed by atoms with E-state index in [0.29, 0.717) is 24.4 Å². The third-order valence-electron chi connectivity index (χ3n) is 4.83. The minimum absolute atomic E-state index is 0.475. The van der Waals surface area contributed by atoms with Crippen molar-refractivity contribution in [1.29, 1.82) is 0 Å². The summed E-state index contributed by atoms with van der Waals surface area (Å²) in [5, 5.41) is 12.4. The molecule has 1 saturated heterocycles. The first-order chi connectivity index (χ1) is 11.7. The minimum Gasteiger partial charge on any atom is -0.424 e. The average molecular weight is 332 g/mol. The topological polar surface area (TPSA) is 84.3 Å². The molecule has 0 unspecified atom stereocenters. The van der Waals surface area contributed by atoms with Gasteiger partial charge in [-0.15, -0.1) is 10.2 Å². The largest absolute Gasteiger partial charge is 0.424 e. The zero-order valence-electron chi connectivity index (χ0n) is 14.3. The molecule has 0 amide bonds. The number of hydrogen-bond donors (Lipinski definition) is 0. The van der Waals surface area contributed by atoms with Crippen molar-refractivity contribution >= 4 is 0 Å². The quantitative estimate of drug-likeness (QED) is 0.791. The lowest BCUT2D eigenvalue weighted by molar-refractivity contribution is 0.0985. The fourth-order valence-electron chi connectivity index (χ4n) is 3.31. The van der Waals surface area contributed by atoms with E-state index in [2.05, 4.69) is 37.2 Å². The van der Waals surface area contributed by atoms with Gasteiger partial charge < -0.3 is 8.94 Å². The van der Waals surface area contributed by atoms with Gasteiger partial charge in [-0.2, -0.15) is 4.98 Å². The van der Waals surface area contributed by atoms with Crippen LogP contribution in [0.1, 0.15) is 55.1 Å². The molecule has 0 N–H and O–H groups in total. The molecule has 3 heterocycles. The summed E-state index contributed by atoms with van der Waals surface area (Å²) in [4.78, 5) is 9.01. The lowest BCUT2D eigenvalue weighted by Gasteiger charge is -2.36. The summed E-state index contributed by atoms with van der Waals surface area (Å²) < 4.78 is 10.8. The molecule has 4 rings (SSSR count). The molecule has 1 atom stereocenters. The number of aryl methyl sites for hydroxylation is 1. The Morgan fingerprint density at radius 3 is 2.88 bits per heavy atom. The summed E-state index contributed by atoms with van der Waals surface area (Å²) >= 11 is 0. The van der Waals surface area contributed by atoms with Crippen molar-refractivity contribution < 1.29 is 8.94 Å². The summed E-state index contributed by atoms with van der Waals surface area (Å²) in [5.41, 5.74) is 0. The third-order valence-corrected chi connectivity index (χ3v) is 4.83. The average Bonchev–Trinajstić information content (AvgIpc) is 3.19. The van der Waals surface area contributed by atoms with E-state index in [0.717, 1.165) is 37.2 Å². The summed E-state index contributed by atoms with van der Waals surface area (Å²) in [6.45, 7) is 5.34. The maximum absolute atomic E-state index is 5.78. The van der Waals surface area contributed by atoms with Gasteiger partial charge in [-0.25, -0.2) is 0 Å². The molecule has 0 radical (unpaired) electrons. The molecule has 0 spiro atoms. The lowest BCUT2D eigenvalue weighted by atomic mass is 10.0. The Morgan fingerprint density at radius 2 is 2.12 bits per heavy atom. The SMILES string of the molecule is Cc1nc(CN2CCC[C@@H](N(C)Cc3nnc(C4CC4)o3)C2)no1. The van der Waals surface area contributed by atoms with E-state index in [1.165, 1.54) is 25.7 Å². The highest BCUT2D eigenvalue weighted by molar-refractivity contribution is 5.00. The van der Waals surface area contributed by atoms with E-state index in [1.54, 1.807) is 0 Å². The smallest absolute Gasteiger partial charge is 0.230 e. The molecule has 24 heavy (non-hydrogen) atoms. The molecular weight excluding hydrogens is 308 g/mol. The molecule has 2 aliphatic rings. The van der Waals surface area contributed by atoms with E-state index in [9.17, 15) is 0 Å². The van der Waals surface area contributed by atoms with Gasteiger partial charge in [0.1, 0.15) is 0 Å². The minimum atomic E-state index is 0.475. The van der Waals surface area contributed by atoms with Gasteiger partial charge in [0.2, 0.25) is 17.7 Å². The Labute approximate surface area is 141 Å². The Bertz CT molecular complexity index is 680. The molecular formula is C16H24N6O2. The predicted octanol–water partition coefficient (Wildman–Crippen LogP) is 1.73. The molecule has 8 heteroatoms. The second kappa shape index (κ2) is 6.60. The van der Waals surface area contributed by atoms with Gasteiger partial charge in [-0.05, 0) is 39.3 Å². The normalized spacial score (nSPS) is 22.4. The first-order valence-electron chi connectivity index (χ1n) is 8.71. The van der Waals surface area contributed by atoms with Crippen molar-refractivity contribution in [3.63, 3.8) is 0 Å². The highest BCUT2D eigenvalue weighted by atomic mass is 16.5. The number of piperidine rings is 1. The van der Waals surface area contributed by atoms with Gasteiger partial charge in [0.15, 0.2) is 5.82 Å². The van der Waals surface area contributed by atoms with Crippen LogP contribution in [0, 0.1) is 6.92 Å². The molecule has 2 aromatic rings. The van der Waals surface area contributed by atoms with Gasteiger partial charge in [-0.1, -0.05) is 5.16 Å². The van der Waals surface area contributed by atoms with Crippen LogP contribution < -0.4 is 0 Å². The Balaban J connectivity index is 1.32. The first kappa shape index (κ1) is 15.7. The summed E-state index contributed by atoms with van der Waals surface area (Å²) in [7, 11) is 2.13. The van der Waals surface area contributed by atoms with E-state index < -0.39 is 0 Å². The van der Waals surface area contributed by atoms with Crippen LogP contribution >= 0.6 is 0 Å². The molecule has 8 nitrogen and oxygen atoms in total. The van der Waals surface area contributed by atoms with Crippen LogP contribution in [0.5, 0.6) is 0 Å². The third kappa shape index (κ3) is 3.64. The fourth-order valence-corrected chi connectivity index (χ4v) is 3.31. The fraction of sp³-hybridized carbons (Fsp3) is 0.750. The van der Waals surface area contributed by atoms with Crippen LogP contribution in [0.25, 0.3) is 0 Å². The van der Waals surface area contributed by atoms with Gasteiger partial charge >= 0.3 is 0 Å². The van der Waals surface area contributed by atoms with Gasteiger partial charge in [0.25, 0.3) is 0 Å². The maximum Gasteiger partial charge on any atom is 0.230 e. The molecule has 1 aliphatic heterocycles. The van der Waals surface area contributed by atoms with Crippen molar-refractivity contribution in [2.75, 3.05) is 20.1 Å². The number of likely N-dealkylation sites (N-methyl/N-ethyl adjacent to an activating group) is 1. The van der Waals surface area contributed by atoms with Crippen molar-refractivity contribution in [3.05, 3.63) is 23.5 Å². The van der Waals surface area contributed by atoms with Crippen LogP contribution in [-0.2, 0) is 13.1 Å². The highest BCUT2D eigenvalue weighted by Crippen LogP contribution is 2.39. The van der Waals surface area contributed by atoms with Gasteiger partial charge in [0.05, 0.1) is 13.1 Å². The van der Waals surface area contributed by atoms with Gasteiger partial charge in [0, 0.05) is 25.4 Å². The van der Waals surface area contributed by atoms with Crippen molar-refractivity contribution in [3.8, 4) is 0 Å². The highest BCUT2D eigenvalue weighted by Gasteiger charge is 2.30. The zero-order valence-corrected chi connectivity index (χ0v) is 14.3. The zero-order chi connectivity index (χ0) is 16.5. The summed E-state index contributed by atoms with van der Waals surface area (Å²) in [5.74, 6) is 3.45. The number of rotatable bonds is 6. The van der Waals surface area contributed by atoms with Crippen molar-refractivity contribution in [2.45, 2.75) is 57.7 Å². The van der Waals surface area contributed by atoms with Crippen LogP contribution in [0.4, 0.5) is 0 Å². The Morgan fingerprint density at radius 1 is 1.25 bits per heavy atom. The molecule has 130 valence electrons. The van der Waals surface area contributed by atoms with E-state index in [1.807, 2.05) is 6.92 Å². The van der Waals surface area contributed by atoms with E-state index >= 15 is 0 Å². The molecule has 0 bridgehead atoms. The predicted molar refractivity (Wildman–Crippen MR) is 85.1 cm³/mol. The maximum atomic E-state index is 5.78. The number of aromatic nitrogens is 4. The van der Waals surface area contributed by atoms with Crippen LogP contribution in [-0.4, -0.2) is 56.3 Å². The summed E-state index contributed by atoms with van der Waals surface area (Å²) in [6, 6.07) is 0.475. The van der Waals surface area contributed by atoms with Crippen LogP contribution in [0.15, 0.2) is 8.94 Å². The molecule has 2 aromatic heterocycles. The Kier molecular flexibility index (Phi) is 4.32. The van der Waals surface area contributed by atoms with Gasteiger partial charge in [-0.3, -0.25) is 9.80 Å².